The zero-order valence-corrected chi connectivity index (χ0v) is 14.0. The Kier molecular flexibility index (Phi) is 5.15. The highest BCUT2D eigenvalue weighted by Gasteiger charge is 2.53. The largest absolute Gasteiger partial charge is 0.465 e. The van der Waals surface area contributed by atoms with Crippen molar-refractivity contribution in [2.45, 2.75) is 39.3 Å². The van der Waals surface area contributed by atoms with Crippen LogP contribution in [0.4, 0.5) is 0 Å². The number of ether oxygens (including phenoxy) is 1. The molecule has 112 valence electrons. The van der Waals surface area contributed by atoms with Gasteiger partial charge in [0.15, 0.2) is 0 Å². The van der Waals surface area contributed by atoms with Crippen LogP contribution in [0.5, 0.6) is 0 Å². The van der Waals surface area contributed by atoms with E-state index < -0.39 is 5.54 Å². The van der Waals surface area contributed by atoms with Crippen LogP contribution in [0.2, 0.25) is 0 Å². The molecule has 0 amide bonds. The molecule has 2 heterocycles. The van der Waals surface area contributed by atoms with E-state index in [9.17, 15) is 4.79 Å². The van der Waals surface area contributed by atoms with Crippen LogP contribution in [0.3, 0.4) is 0 Å². The van der Waals surface area contributed by atoms with Crippen molar-refractivity contribution in [3.63, 3.8) is 0 Å². The lowest BCUT2D eigenvalue weighted by Crippen LogP contribution is -2.65. The van der Waals surface area contributed by atoms with Crippen molar-refractivity contribution in [2.24, 2.45) is 5.41 Å². The molecular formula is C15H23NO2S2. The molecule has 1 aromatic rings. The molecule has 3 nitrogen and oxygen atoms in total. The summed E-state index contributed by atoms with van der Waals surface area (Å²) < 4.78 is 5.38. The molecule has 0 aromatic carbocycles. The molecule has 0 bridgehead atoms. The van der Waals surface area contributed by atoms with Crippen LogP contribution < -0.4 is 5.32 Å². The lowest BCUT2D eigenvalue weighted by atomic mass is 9.70. The summed E-state index contributed by atoms with van der Waals surface area (Å²) in [5.41, 5.74) is -0.683. The van der Waals surface area contributed by atoms with E-state index in [4.69, 9.17) is 4.74 Å². The smallest absolute Gasteiger partial charge is 0.327 e. The van der Waals surface area contributed by atoms with Crippen molar-refractivity contribution in [2.75, 3.05) is 18.1 Å². The molecular weight excluding hydrogens is 290 g/mol. The maximum absolute atomic E-state index is 12.6. The third-order valence-electron chi connectivity index (χ3n) is 4.11. The molecule has 0 aliphatic carbocycles. The molecule has 1 aromatic heterocycles. The zero-order chi connectivity index (χ0) is 14.6. The summed E-state index contributed by atoms with van der Waals surface area (Å²) in [5.74, 6) is 1.78. The maximum Gasteiger partial charge on any atom is 0.327 e. The van der Waals surface area contributed by atoms with Gasteiger partial charge in [-0.1, -0.05) is 19.9 Å². The normalized spacial score (nSPS) is 25.4. The third kappa shape index (κ3) is 3.05. The first-order valence-corrected chi connectivity index (χ1v) is 9.08. The molecule has 5 heteroatoms. The van der Waals surface area contributed by atoms with Crippen LogP contribution >= 0.6 is 23.1 Å². The Morgan fingerprint density at radius 3 is 2.90 bits per heavy atom. The Labute approximate surface area is 129 Å². The second-order valence-corrected chi connectivity index (χ2v) is 7.88. The number of carbonyl (C=O) groups is 1. The lowest BCUT2D eigenvalue weighted by molar-refractivity contribution is -0.156. The van der Waals surface area contributed by atoms with Gasteiger partial charge >= 0.3 is 5.97 Å². The van der Waals surface area contributed by atoms with Gasteiger partial charge in [0.1, 0.15) is 5.54 Å². The van der Waals surface area contributed by atoms with E-state index in [-0.39, 0.29) is 11.4 Å². The monoisotopic (exact) mass is 313 g/mol. The number of nitrogens with one attached hydrogen (secondary N) is 1. The van der Waals surface area contributed by atoms with E-state index in [1.165, 1.54) is 4.88 Å². The summed E-state index contributed by atoms with van der Waals surface area (Å²) in [6, 6.07) is 4.14. The van der Waals surface area contributed by atoms with Gasteiger partial charge in [0.2, 0.25) is 0 Å². The summed E-state index contributed by atoms with van der Waals surface area (Å²) in [6.07, 6.45) is 1.02. The predicted molar refractivity (Wildman–Crippen MR) is 86.2 cm³/mol. The van der Waals surface area contributed by atoms with E-state index in [1.54, 1.807) is 11.3 Å². The number of rotatable bonds is 5. The number of carbonyl (C=O) groups excluding carboxylic acids is 1. The van der Waals surface area contributed by atoms with Crippen molar-refractivity contribution in [1.82, 2.24) is 5.32 Å². The Bertz CT molecular complexity index is 445. The van der Waals surface area contributed by atoms with Crippen LogP contribution in [0.25, 0.3) is 0 Å². The lowest BCUT2D eigenvalue weighted by Gasteiger charge is -2.48. The van der Waals surface area contributed by atoms with Gasteiger partial charge in [0.25, 0.3) is 0 Å². The minimum Gasteiger partial charge on any atom is -0.465 e. The highest BCUT2D eigenvalue weighted by molar-refractivity contribution is 7.99. The molecule has 20 heavy (non-hydrogen) atoms. The number of thioether (sulfide) groups is 1. The quantitative estimate of drug-likeness (QED) is 0.847. The van der Waals surface area contributed by atoms with Gasteiger partial charge in [0, 0.05) is 17.2 Å². The van der Waals surface area contributed by atoms with Gasteiger partial charge in [0.05, 0.1) is 6.61 Å². The molecule has 2 rings (SSSR count). The number of thiophene rings is 1. The number of hydrogen-bond acceptors (Lipinski definition) is 5. The number of esters is 1. The molecule has 1 aliphatic rings. The van der Waals surface area contributed by atoms with Crippen LogP contribution in [0.15, 0.2) is 17.5 Å². The van der Waals surface area contributed by atoms with Gasteiger partial charge in [-0.15, -0.1) is 11.3 Å². The standard InChI is InChI=1S/C15H23NO2S2/c1-4-18-13(17)15(11-19-9-7-14(15,2)3)16-10-12-6-5-8-20-12/h5-6,8,16H,4,7,9-11H2,1-3H3. The fourth-order valence-electron chi connectivity index (χ4n) is 2.56. The fraction of sp³-hybridized carbons (Fsp3) is 0.667. The first kappa shape index (κ1) is 15.9. The first-order chi connectivity index (χ1) is 9.52. The molecule has 1 aliphatic heterocycles. The molecule has 0 radical (unpaired) electrons. The van der Waals surface area contributed by atoms with Crippen molar-refractivity contribution in [3.8, 4) is 0 Å². The Morgan fingerprint density at radius 1 is 1.50 bits per heavy atom. The minimum absolute atomic E-state index is 0.0955. The summed E-state index contributed by atoms with van der Waals surface area (Å²) in [6.45, 7) is 7.37. The van der Waals surface area contributed by atoms with Gasteiger partial charge in [-0.25, -0.2) is 4.79 Å². The molecule has 1 unspecified atom stereocenters. The van der Waals surface area contributed by atoms with Crippen molar-refractivity contribution in [3.05, 3.63) is 22.4 Å². The first-order valence-electron chi connectivity index (χ1n) is 7.04. The molecule has 1 N–H and O–H groups in total. The third-order valence-corrected chi connectivity index (χ3v) is 6.12. The van der Waals surface area contributed by atoms with Crippen LogP contribution in [0.1, 0.15) is 32.1 Å². The van der Waals surface area contributed by atoms with Gasteiger partial charge in [-0.2, -0.15) is 11.8 Å². The molecule has 1 saturated heterocycles. The SMILES string of the molecule is CCOC(=O)C1(NCc2cccs2)CSCCC1(C)C. The van der Waals surface area contributed by atoms with Gasteiger partial charge < -0.3 is 4.74 Å². The van der Waals surface area contributed by atoms with E-state index in [0.29, 0.717) is 6.61 Å². The summed E-state index contributed by atoms with van der Waals surface area (Å²) in [5, 5.41) is 5.59. The summed E-state index contributed by atoms with van der Waals surface area (Å²) in [7, 11) is 0. The zero-order valence-electron chi connectivity index (χ0n) is 12.4. The van der Waals surface area contributed by atoms with E-state index >= 15 is 0 Å². The van der Waals surface area contributed by atoms with Gasteiger partial charge in [-0.3, -0.25) is 5.32 Å². The highest BCUT2D eigenvalue weighted by atomic mass is 32.2. The number of hydrogen-bond donors (Lipinski definition) is 1. The predicted octanol–water partition coefficient (Wildman–Crippen LogP) is 3.30. The topological polar surface area (TPSA) is 38.3 Å². The van der Waals surface area contributed by atoms with Crippen molar-refractivity contribution < 1.29 is 9.53 Å². The Hall–Kier alpha value is -0.520. The maximum atomic E-state index is 12.6. The average Bonchev–Trinajstić information content (AvgIpc) is 2.90. The summed E-state index contributed by atoms with van der Waals surface area (Å²) in [4.78, 5) is 13.9. The van der Waals surface area contributed by atoms with Crippen LogP contribution in [-0.2, 0) is 16.1 Å². The van der Waals surface area contributed by atoms with Gasteiger partial charge in [-0.05, 0) is 36.0 Å². The van der Waals surface area contributed by atoms with Crippen molar-refractivity contribution >= 4 is 29.1 Å². The molecule has 1 fully saturated rings. The Morgan fingerprint density at radius 2 is 2.30 bits per heavy atom. The molecule has 0 saturated carbocycles. The second kappa shape index (κ2) is 6.50. The van der Waals surface area contributed by atoms with E-state index in [0.717, 1.165) is 24.5 Å². The van der Waals surface area contributed by atoms with Crippen LogP contribution in [-0.4, -0.2) is 29.6 Å². The summed E-state index contributed by atoms with van der Waals surface area (Å²) >= 11 is 3.55. The van der Waals surface area contributed by atoms with Crippen molar-refractivity contribution in [1.29, 1.82) is 0 Å². The molecule has 0 spiro atoms. The highest BCUT2D eigenvalue weighted by Crippen LogP contribution is 2.43. The molecule has 1 atom stereocenters. The average molecular weight is 313 g/mol. The van der Waals surface area contributed by atoms with E-state index in [2.05, 4.69) is 30.6 Å². The Balaban J connectivity index is 2.20. The van der Waals surface area contributed by atoms with Crippen LogP contribution in [0, 0.1) is 5.41 Å². The van der Waals surface area contributed by atoms with E-state index in [1.807, 2.05) is 24.8 Å². The second-order valence-electron chi connectivity index (χ2n) is 5.75. The fourth-order valence-corrected chi connectivity index (χ4v) is 4.92. The minimum atomic E-state index is -0.587.